The van der Waals surface area contributed by atoms with Gasteiger partial charge < -0.3 is 5.32 Å². The van der Waals surface area contributed by atoms with E-state index >= 15 is 0 Å². The average Bonchev–Trinajstić information content (AvgIpc) is 2.14. The molecule has 0 spiro atoms. The Hall–Kier alpha value is -0.160. The first-order valence-corrected chi connectivity index (χ1v) is 3.52. The zero-order valence-corrected chi connectivity index (χ0v) is 5.59. The van der Waals surface area contributed by atoms with Gasteiger partial charge in [-0.2, -0.15) is 0 Å². The molecule has 3 nitrogen and oxygen atoms in total. The van der Waals surface area contributed by atoms with Crippen LogP contribution in [0.4, 0.5) is 0 Å². The highest BCUT2D eigenvalue weighted by Gasteiger charge is 2.17. The van der Waals surface area contributed by atoms with E-state index in [9.17, 15) is 4.91 Å². The van der Waals surface area contributed by atoms with Gasteiger partial charge in [0.05, 0.1) is 4.99 Å². The van der Waals surface area contributed by atoms with Crippen LogP contribution < -0.4 is 5.32 Å². The highest BCUT2D eigenvalue weighted by Crippen LogP contribution is 2.15. The molecule has 0 bridgehead atoms. The van der Waals surface area contributed by atoms with Gasteiger partial charge in [-0.15, -0.1) is 16.7 Å². The number of thioether (sulfide) groups is 1. The van der Waals surface area contributed by atoms with Gasteiger partial charge in [0.2, 0.25) is 5.50 Å². The van der Waals surface area contributed by atoms with Crippen molar-refractivity contribution in [2.45, 2.75) is 5.50 Å². The van der Waals surface area contributed by atoms with Gasteiger partial charge in [-0.3, -0.25) is 0 Å². The SMILES string of the molecule is O=NC1NC(=S)CS1. The first-order chi connectivity index (χ1) is 3.83. The maximum absolute atomic E-state index is 9.76. The third-order valence-electron chi connectivity index (χ3n) is 0.752. The lowest BCUT2D eigenvalue weighted by atomic mass is 10.7. The standard InChI is InChI=1S/C3H4N2OS2/c6-5-3-4-2(7)1-8-3/h3H,1H2,(H,4,7). The minimum atomic E-state index is -0.331. The number of hydrogen-bond acceptors (Lipinski definition) is 4. The Labute approximate surface area is 56.2 Å². The second-order valence-corrected chi connectivity index (χ2v) is 2.90. The van der Waals surface area contributed by atoms with Gasteiger partial charge in [-0.25, -0.2) is 0 Å². The van der Waals surface area contributed by atoms with E-state index in [0.717, 1.165) is 10.7 Å². The van der Waals surface area contributed by atoms with Crippen molar-refractivity contribution in [3.8, 4) is 0 Å². The summed E-state index contributed by atoms with van der Waals surface area (Å²) in [4.78, 5) is 10.5. The van der Waals surface area contributed by atoms with Crippen molar-refractivity contribution in [2.24, 2.45) is 5.18 Å². The number of rotatable bonds is 1. The van der Waals surface area contributed by atoms with Crippen LogP contribution in [0.3, 0.4) is 0 Å². The summed E-state index contributed by atoms with van der Waals surface area (Å²) in [5, 5.41) is 5.47. The molecule has 0 aromatic carbocycles. The highest BCUT2D eigenvalue weighted by atomic mass is 32.2. The number of thiocarbonyl (C=S) groups is 1. The lowest BCUT2D eigenvalue weighted by Gasteiger charge is -1.93. The van der Waals surface area contributed by atoms with Crippen LogP contribution >= 0.6 is 24.0 Å². The zero-order valence-electron chi connectivity index (χ0n) is 3.96. The van der Waals surface area contributed by atoms with Crippen molar-refractivity contribution in [1.29, 1.82) is 0 Å². The molecule has 1 rings (SSSR count). The maximum atomic E-state index is 9.76. The third-order valence-corrected chi connectivity index (χ3v) is 2.17. The van der Waals surface area contributed by atoms with E-state index in [2.05, 4.69) is 10.5 Å². The molecule has 0 aliphatic carbocycles. The molecule has 5 heteroatoms. The fraction of sp³-hybridized carbons (Fsp3) is 0.667. The quantitative estimate of drug-likeness (QED) is 0.439. The smallest absolute Gasteiger partial charge is 0.209 e. The van der Waals surface area contributed by atoms with Crippen molar-refractivity contribution in [3.63, 3.8) is 0 Å². The van der Waals surface area contributed by atoms with E-state index in [1.165, 1.54) is 11.8 Å². The van der Waals surface area contributed by atoms with E-state index in [1.54, 1.807) is 0 Å². The van der Waals surface area contributed by atoms with E-state index in [-0.39, 0.29) is 5.50 Å². The topological polar surface area (TPSA) is 41.5 Å². The number of hydrogen-bond donors (Lipinski definition) is 1. The van der Waals surface area contributed by atoms with Crippen molar-refractivity contribution >= 4 is 29.0 Å². The fourth-order valence-electron chi connectivity index (χ4n) is 0.432. The molecule has 1 atom stereocenters. The Morgan fingerprint density at radius 2 is 2.75 bits per heavy atom. The number of nitrogens with one attached hydrogen (secondary N) is 1. The largest absolute Gasteiger partial charge is 0.346 e. The molecule has 1 saturated heterocycles. The monoisotopic (exact) mass is 148 g/mol. The Kier molecular flexibility index (Phi) is 1.80. The molecule has 44 valence electrons. The van der Waals surface area contributed by atoms with Crippen LogP contribution in [0, 0.1) is 4.91 Å². The summed E-state index contributed by atoms with van der Waals surface area (Å²) in [6.45, 7) is 0. The molecule has 1 fully saturated rings. The summed E-state index contributed by atoms with van der Waals surface area (Å²) < 4.78 is 0. The van der Waals surface area contributed by atoms with Crippen LogP contribution in [0.1, 0.15) is 0 Å². The van der Waals surface area contributed by atoms with Crippen LogP contribution in [0.15, 0.2) is 5.18 Å². The summed E-state index contributed by atoms with van der Waals surface area (Å²) in [6, 6.07) is 0. The summed E-state index contributed by atoms with van der Waals surface area (Å²) in [5.41, 5.74) is -0.331. The van der Waals surface area contributed by atoms with Gasteiger partial charge in [0, 0.05) is 5.75 Å². The van der Waals surface area contributed by atoms with Crippen LogP contribution in [0.5, 0.6) is 0 Å². The summed E-state index contributed by atoms with van der Waals surface area (Å²) in [5.74, 6) is 0.728. The van der Waals surface area contributed by atoms with Crippen LogP contribution in [0.2, 0.25) is 0 Å². The Balaban J connectivity index is 2.43. The van der Waals surface area contributed by atoms with E-state index in [0.29, 0.717) is 0 Å². The van der Waals surface area contributed by atoms with Crippen molar-refractivity contribution in [1.82, 2.24) is 5.32 Å². The Morgan fingerprint density at radius 1 is 2.00 bits per heavy atom. The lowest BCUT2D eigenvalue weighted by molar-refractivity contribution is 0.880. The molecule has 0 aromatic rings. The first-order valence-electron chi connectivity index (χ1n) is 2.06. The highest BCUT2D eigenvalue weighted by molar-refractivity contribution is 8.02. The third kappa shape index (κ3) is 1.16. The normalized spacial score (nSPS) is 27.5. The molecule has 0 saturated carbocycles. The summed E-state index contributed by atoms with van der Waals surface area (Å²) in [7, 11) is 0. The minimum absolute atomic E-state index is 0.331. The van der Waals surface area contributed by atoms with Crippen LogP contribution in [-0.2, 0) is 0 Å². The zero-order chi connectivity index (χ0) is 5.98. The van der Waals surface area contributed by atoms with Gasteiger partial charge in [-0.1, -0.05) is 12.2 Å². The molecular formula is C3H4N2OS2. The van der Waals surface area contributed by atoms with E-state index in [4.69, 9.17) is 12.2 Å². The summed E-state index contributed by atoms with van der Waals surface area (Å²) in [6.07, 6.45) is 0. The van der Waals surface area contributed by atoms with E-state index < -0.39 is 0 Å². The number of nitroso groups, excluding NO2 is 1. The fourth-order valence-corrected chi connectivity index (χ4v) is 1.50. The molecule has 1 heterocycles. The van der Waals surface area contributed by atoms with Crippen molar-refractivity contribution in [3.05, 3.63) is 4.91 Å². The second kappa shape index (κ2) is 2.41. The van der Waals surface area contributed by atoms with Gasteiger partial charge >= 0.3 is 0 Å². The molecule has 1 N–H and O–H groups in total. The number of nitrogens with zero attached hydrogens (tertiary/aromatic N) is 1. The molecule has 1 aliphatic heterocycles. The molecule has 0 aromatic heterocycles. The second-order valence-electron chi connectivity index (χ2n) is 1.34. The molecule has 0 radical (unpaired) electrons. The van der Waals surface area contributed by atoms with Gasteiger partial charge in [0.15, 0.2) is 0 Å². The average molecular weight is 148 g/mol. The lowest BCUT2D eigenvalue weighted by Crippen LogP contribution is -2.20. The van der Waals surface area contributed by atoms with Gasteiger partial charge in [0.25, 0.3) is 0 Å². The molecule has 1 unspecified atom stereocenters. The molecule has 0 amide bonds. The molecule has 8 heavy (non-hydrogen) atoms. The molecule has 1 aliphatic rings. The van der Waals surface area contributed by atoms with E-state index in [1.807, 2.05) is 0 Å². The first kappa shape index (κ1) is 5.97. The van der Waals surface area contributed by atoms with Gasteiger partial charge in [0.1, 0.15) is 0 Å². The van der Waals surface area contributed by atoms with Gasteiger partial charge in [-0.05, 0) is 5.18 Å². The minimum Gasteiger partial charge on any atom is -0.346 e. The predicted octanol–water partition coefficient (Wildman–Crippen LogP) is 0.700. The predicted molar refractivity (Wildman–Crippen MR) is 37.8 cm³/mol. The Bertz CT molecular complexity index is 126. The van der Waals surface area contributed by atoms with Crippen LogP contribution in [-0.4, -0.2) is 16.2 Å². The summed E-state index contributed by atoms with van der Waals surface area (Å²) >= 11 is 6.15. The van der Waals surface area contributed by atoms with Crippen molar-refractivity contribution < 1.29 is 0 Å². The Morgan fingerprint density at radius 3 is 3.00 bits per heavy atom. The molecular weight excluding hydrogens is 144 g/mol. The van der Waals surface area contributed by atoms with Crippen molar-refractivity contribution in [2.75, 3.05) is 5.75 Å². The van der Waals surface area contributed by atoms with Crippen LogP contribution in [0.25, 0.3) is 0 Å². The maximum Gasteiger partial charge on any atom is 0.209 e.